The van der Waals surface area contributed by atoms with Gasteiger partial charge < -0.3 is 10.2 Å². The predicted octanol–water partition coefficient (Wildman–Crippen LogP) is 3.36. The van der Waals surface area contributed by atoms with Crippen LogP contribution in [-0.4, -0.2) is 48.4 Å². The first-order chi connectivity index (χ1) is 12.5. The molecule has 0 atom stereocenters. The van der Waals surface area contributed by atoms with Gasteiger partial charge in [-0.2, -0.15) is 0 Å². The average molecular weight is 355 g/mol. The van der Waals surface area contributed by atoms with Gasteiger partial charge in [0.15, 0.2) is 0 Å². The number of nitrogens with zero attached hydrogens (tertiary/aromatic N) is 2. The molecular weight excluding hydrogens is 329 g/mol. The molecule has 2 aromatic carbocycles. The number of anilines is 1. The van der Waals surface area contributed by atoms with E-state index in [2.05, 4.69) is 10.2 Å². The Hall–Kier alpha value is -2.40. The Morgan fingerprint density at radius 1 is 1.08 bits per heavy atom. The van der Waals surface area contributed by atoms with Crippen molar-refractivity contribution in [2.24, 2.45) is 0 Å². The maximum atomic E-state index is 13.1. The minimum absolute atomic E-state index is 0.114. The van der Waals surface area contributed by atoms with Crippen molar-refractivity contribution in [3.8, 4) is 0 Å². The summed E-state index contributed by atoms with van der Waals surface area (Å²) in [5.74, 6) is -0.0992. The van der Waals surface area contributed by atoms with Crippen LogP contribution in [-0.2, 0) is 11.3 Å². The summed E-state index contributed by atoms with van der Waals surface area (Å²) in [7, 11) is 3.61. The topological polar surface area (TPSA) is 35.6 Å². The van der Waals surface area contributed by atoms with Gasteiger partial charge in [0, 0.05) is 39.4 Å². The fourth-order valence-corrected chi connectivity index (χ4v) is 3.56. The number of hydrogen-bond donors (Lipinski definition) is 1. The predicted molar refractivity (Wildman–Crippen MR) is 102 cm³/mol. The van der Waals surface area contributed by atoms with Crippen molar-refractivity contribution in [1.82, 2.24) is 9.80 Å². The number of likely N-dealkylation sites (tertiary alicyclic amines) is 1. The van der Waals surface area contributed by atoms with Gasteiger partial charge in [0.1, 0.15) is 11.4 Å². The molecule has 1 N–H and O–H groups in total. The van der Waals surface area contributed by atoms with Gasteiger partial charge in [-0.1, -0.05) is 30.3 Å². The van der Waals surface area contributed by atoms with Gasteiger partial charge in [-0.05, 0) is 42.7 Å². The third-order valence-electron chi connectivity index (χ3n) is 5.00. The second-order valence-corrected chi connectivity index (χ2v) is 7.18. The number of carbonyl (C=O) groups is 1. The van der Waals surface area contributed by atoms with E-state index in [0.29, 0.717) is 0 Å². The number of halogens is 1. The number of carbonyl (C=O) groups excluding carboxylic acids is 1. The lowest BCUT2D eigenvalue weighted by atomic mass is 9.85. The summed E-state index contributed by atoms with van der Waals surface area (Å²) in [6.45, 7) is 2.41. The molecule has 4 nitrogen and oxygen atoms in total. The fraction of sp³-hybridized carbons (Fsp3) is 0.381. The van der Waals surface area contributed by atoms with Crippen molar-refractivity contribution >= 4 is 11.6 Å². The highest BCUT2D eigenvalue weighted by molar-refractivity contribution is 5.89. The smallest absolute Gasteiger partial charge is 0.247 e. The molecule has 0 unspecified atom stereocenters. The Morgan fingerprint density at radius 2 is 1.69 bits per heavy atom. The summed E-state index contributed by atoms with van der Waals surface area (Å²) in [5.41, 5.74) is 1.48. The van der Waals surface area contributed by atoms with E-state index in [1.807, 2.05) is 56.6 Å². The molecule has 0 saturated carbocycles. The van der Waals surface area contributed by atoms with E-state index in [-0.39, 0.29) is 11.7 Å². The summed E-state index contributed by atoms with van der Waals surface area (Å²) < 4.78 is 13.1. The maximum Gasteiger partial charge on any atom is 0.247 e. The van der Waals surface area contributed by atoms with Crippen LogP contribution in [0, 0.1) is 5.82 Å². The van der Waals surface area contributed by atoms with E-state index in [1.165, 1.54) is 12.1 Å². The van der Waals surface area contributed by atoms with Crippen molar-refractivity contribution in [3.63, 3.8) is 0 Å². The van der Waals surface area contributed by atoms with Gasteiger partial charge in [-0.15, -0.1) is 0 Å². The Labute approximate surface area is 154 Å². The van der Waals surface area contributed by atoms with E-state index in [1.54, 1.807) is 4.90 Å². The number of likely N-dealkylation sites (N-methyl/N-ethyl adjacent to an activating group) is 1. The minimum Gasteiger partial charge on any atom is -0.371 e. The molecule has 0 bridgehead atoms. The summed E-state index contributed by atoms with van der Waals surface area (Å²) in [6, 6.07) is 16.5. The summed E-state index contributed by atoms with van der Waals surface area (Å²) in [4.78, 5) is 16.9. The Balaban J connectivity index is 1.70. The SMILES string of the molecule is CN(C)C(=O)C1(Nc2ccccc2)CCN(Cc2ccc(F)cc2)CC1. The van der Waals surface area contributed by atoms with Gasteiger partial charge in [-0.25, -0.2) is 4.39 Å². The molecule has 3 rings (SSSR count). The Kier molecular flexibility index (Phi) is 5.57. The second-order valence-electron chi connectivity index (χ2n) is 7.18. The molecular formula is C21H26FN3O. The van der Waals surface area contributed by atoms with E-state index >= 15 is 0 Å². The lowest BCUT2D eigenvalue weighted by molar-refractivity contribution is -0.135. The van der Waals surface area contributed by atoms with Gasteiger partial charge >= 0.3 is 0 Å². The molecule has 0 radical (unpaired) electrons. The van der Waals surface area contributed by atoms with Gasteiger partial charge in [0.05, 0.1) is 0 Å². The first-order valence-corrected chi connectivity index (χ1v) is 9.00. The molecule has 0 spiro atoms. The maximum absolute atomic E-state index is 13.1. The van der Waals surface area contributed by atoms with E-state index in [4.69, 9.17) is 0 Å². The molecule has 1 aliphatic heterocycles. The van der Waals surface area contributed by atoms with Crippen LogP contribution in [0.1, 0.15) is 18.4 Å². The average Bonchev–Trinajstić information content (AvgIpc) is 2.65. The van der Waals surface area contributed by atoms with Gasteiger partial charge in [0.25, 0.3) is 0 Å². The van der Waals surface area contributed by atoms with Crippen LogP contribution in [0.2, 0.25) is 0 Å². The number of rotatable bonds is 5. The molecule has 0 aromatic heterocycles. The molecule has 1 aliphatic rings. The number of amides is 1. The van der Waals surface area contributed by atoms with E-state index in [9.17, 15) is 9.18 Å². The zero-order chi connectivity index (χ0) is 18.6. The zero-order valence-electron chi connectivity index (χ0n) is 15.4. The summed E-state index contributed by atoms with van der Waals surface area (Å²) in [5, 5.41) is 3.50. The monoisotopic (exact) mass is 355 g/mol. The number of hydrogen-bond acceptors (Lipinski definition) is 3. The van der Waals surface area contributed by atoms with Gasteiger partial charge in [-0.3, -0.25) is 9.69 Å². The molecule has 2 aromatic rings. The zero-order valence-corrected chi connectivity index (χ0v) is 15.4. The van der Waals surface area contributed by atoms with Crippen LogP contribution in [0.5, 0.6) is 0 Å². The van der Waals surface area contributed by atoms with Crippen molar-refractivity contribution in [2.75, 3.05) is 32.5 Å². The molecule has 0 aliphatic carbocycles. The third kappa shape index (κ3) is 4.22. The van der Waals surface area contributed by atoms with Crippen molar-refractivity contribution in [3.05, 3.63) is 66.0 Å². The van der Waals surface area contributed by atoms with Crippen LogP contribution in [0.15, 0.2) is 54.6 Å². The van der Waals surface area contributed by atoms with E-state index in [0.717, 1.165) is 43.7 Å². The summed E-state index contributed by atoms with van der Waals surface area (Å²) >= 11 is 0. The van der Waals surface area contributed by atoms with Crippen LogP contribution in [0.3, 0.4) is 0 Å². The first-order valence-electron chi connectivity index (χ1n) is 9.00. The quantitative estimate of drug-likeness (QED) is 0.893. The van der Waals surface area contributed by atoms with Gasteiger partial charge in [0.2, 0.25) is 5.91 Å². The van der Waals surface area contributed by atoms with Crippen LogP contribution in [0.25, 0.3) is 0 Å². The molecule has 26 heavy (non-hydrogen) atoms. The lowest BCUT2D eigenvalue weighted by Crippen LogP contribution is -2.57. The highest BCUT2D eigenvalue weighted by Crippen LogP contribution is 2.29. The number of para-hydroxylation sites is 1. The van der Waals surface area contributed by atoms with E-state index < -0.39 is 5.54 Å². The Bertz CT molecular complexity index is 723. The third-order valence-corrected chi connectivity index (χ3v) is 5.00. The lowest BCUT2D eigenvalue weighted by Gasteiger charge is -2.43. The highest BCUT2D eigenvalue weighted by atomic mass is 19.1. The Morgan fingerprint density at radius 3 is 2.27 bits per heavy atom. The standard InChI is InChI=1S/C21H26FN3O/c1-24(2)20(26)21(23-19-6-4-3-5-7-19)12-14-25(15-13-21)16-17-8-10-18(22)11-9-17/h3-11,23H,12-16H2,1-2H3. The molecule has 1 amide bonds. The molecule has 5 heteroatoms. The van der Waals surface area contributed by atoms with Crippen molar-refractivity contribution in [1.29, 1.82) is 0 Å². The van der Waals surface area contributed by atoms with Crippen molar-refractivity contribution in [2.45, 2.75) is 24.9 Å². The largest absolute Gasteiger partial charge is 0.371 e. The van der Waals surface area contributed by atoms with Crippen LogP contribution in [0.4, 0.5) is 10.1 Å². The summed E-state index contributed by atoms with van der Waals surface area (Å²) in [6.07, 6.45) is 1.47. The van der Waals surface area contributed by atoms with Crippen LogP contribution >= 0.6 is 0 Å². The molecule has 1 saturated heterocycles. The first kappa shape index (κ1) is 18.4. The van der Waals surface area contributed by atoms with Crippen LogP contribution < -0.4 is 5.32 Å². The minimum atomic E-state index is -0.579. The number of nitrogens with one attached hydrogen (secondary N) is 1. The highest BCUT2D eigenvalue weighted by Gasteiger charge is 2.42. The molecule has 1 fully saturated rings. The normalized spacial score (nSPS) is 16.9. The number of benzene rings is 2. The molecule has 138 valence electrons. The fourth-order valence-electron chi connectivity index (χ4n) is 3.56. The number of piperidine rings is 1. The molecule has 1 heterocycles. The second kappa shape index (κ2) is 7.87. The van der Waals surface area contributed by atoms with Crippen molar-refractivity contribution < 1.29 is 9.18 Å².